The van der Waals surface area contributed by atoms with Gasteiger partial charge in [0.2, 0.25) is 0 Å². The maximum atomic E-state index is 2.30. The molecule has 0 radical (unpaired) electrons. The molecule has 1 rings (SSSR count). The van der Waals surface area contributed by atoms with Crippen molar-refractivity contribution in [3.8, 4) is 0 Å². The second-order valence-electron chi connectivity index (χ2n) is 3.88. The van der Waals surface area contributed by atoms with Crippen LogP contribution >= 0.6 is 48.0 Å². The van der Waals surface area contributed by atoms with Crippen molar-refractivity contribution in [3.05, 3.63) is 20.6 Å². The van der Waals surface area contributed by atoms with E-state index in [4.69, 9.17) is 0 Å². The fraction of sp³-hybridized carbons (Fsp3) is 0.600. The molecule has 0 nitrogen and oxygen atoms in total. The maximum Gasteiger partial charge on any atom is -0.107 e. The molecule has 0 bridgehead atoms. The van der Waals surface area contributed by atoms with Gasteiger partial charge in [-0.1, -0.05) is 0 Å². The predicted molar refractivity (Wildman–Crippen MR) is 75.7 cm³/mol. The first-order valence-electron chi connectivity index (χ1n) is 4.00. The predicted octanol–water partition coefficient (Wildman–Crippen LogP) is 4.42. The van der Waals surface area contributed by atoms with Crippen molar-refractivity contribution in [1.82, 2.24) is 0 Å². The van der Waals surface area contributed by atoms with Gasteiger partial charge in [-0.3, -0.25) is 0 Å². The van der Waals surface area contributed by atoms with Crippen molar-refractivity contribution in [3.63, 3.8) is 0 Å². The van der Waals surface area contributed by atoms with Gasteiger partial charge in [-0.05, 0) is 0 Å². The van der Waals surface area contributed by atoms with Crippen molar-refractivity contribution in [2.24, 2.45) is 5.41 Å². The molecule has 0 unspecified atom stereocenters. The second kappa shape index (κ2) is 5.66. The smallest absolute Gasteiger partial charge is 0.107 e. The Balaban J connectivity index is 0. The number of halogens is 2. The summed E-state index contributed by atoms with van der Waals surface area (Å²) in [6, 6.07) is 0. The number of rotatable bonds is 0. The first-order valence-corrected chi connectivity index (χ1v) is 4.78. The number of hydrogen-bond acceptors (Lipinski definition) is 0. The Morgan fingerprint density at radius 1 is 0.923 bits per heavy atom. The molecule has 0 N–H and O–H groups in total. The van der Waals surface area contributed by atoms with Crippen molar-refractivity contribution >= 4 is 48.0 Å². The first-order chi connectivity index (χ1) is 4.89. The van der Waals surface area contributed by atoms with E-state index in [1.807, 2.05) is 0 Å². The quantitative estimate of drug-likeness (QED) is 0.388. The summed E-state index contributed by atoms with van der Waals surface area (Å²) in [5.74, 6) is 0. The van der Waals surface area contributed by atoms with Gasteiger partial charge in [0.1, 0.15) is 0 Å². The molecule has 0 saturated carbocycles. The largest absolute Gasteiger partial charge is 0.107 e. The van der Waals surface area contributed by atoms with Crippen LogP contribution in [0.5, 0.6) is 0 Å². The van der Waals surface area contributed by atoms with Gasteiger partial charge in [-0.2, -0.15) is 0 Å². The number of hydrogen-bond donors (Lipinski definition) is 0. The SMILES string of the molecule is CC1=C(C)C(C)(C)[C]([Ti])=C1C.I.I. The summed E-state index contributed by atoms with van der Waals surface area (Å²) >= 11 is 2.25. The van der Waals surface area contributed by atoms with Crippen LogP contribution in [0.3, 0.4) is 0 Å². The van der Waals surface area contributed by atoms with Crippen molar-refractivity contribution in [2.45, 2.75) is 34.6 Å². The Hall–Kier alpha value is 1.65. The molecule has 75 valence electrons. The average molecular weight is 439 g/mol. The van der Waals surface area contributed by atoms with Gasteiger partial charge in [0, 0.05) is 0 Å². The monoisotopic (exact) mass is 439 g/mol. The van der Waals surface area contributed by atoms with Gasteiger partial charge in [-0.25, -0.2) is 0 Å². The van der Waals surface area contributed by atoms with Crippen molar-refractivity contribution < 1.29 is 20.4 Å². The summed E-state index contributed by atoms with van der Waals surface area (Å²) in [6.07, 6.45) is 0. The minimum Gasteiger partial charge on any atom is -0.107 e. The van der Waals surface area contributed by atoms with E-state index >= 15 is 0 Å². The summed E-state index contributed by atoms with van der Waals surface area (Å²) in [6.45, 7) is 11.3. The molecule has 0 aromatic heterocycles. The molecule has 0 spiro atoms. The average Bonchev–Trinajstić information content (AvgIpc) is 2.06. The Morgan fingerprint density at radius 3 is 1.38 bits per heavy atom. The molecular weight excluding hydrogens is 422 g/mol. The first kappa shape index (κ1) is 17.1. The van der Waals surface area contributed by atoms with E-state index in [-0.39, 0.29) is 48.0 Å². The molecule has 0 amide bonds. The Bertz CT molecular complexity index is 236. The van der Waals surface area contributed by atoms with Crippen molar-refractivity contribution in [2.75, 3.05) is 0 Å². The topological polar surface area (TPSA) is 0 Å². The van der Waals surface area contributed by atoms with Crippen LogP contribution in [0.1, 0.15) is 34.6 Å². The van der Waals surface area contributed by atoms with Crippen LogP contribution in [0.15, 0.2) is 20.6 Å². The van der Waals surface area contributed by atoms with E-state index in [9.17, 15) is 0 Å². The summed E-state index contributed by atoms with van der Waals surface area (Å²) < 4.78 is 1.53. The molecular formula is C10H17I2Ti. The van der Waals surface area contributed by atoms with Crippen LogP contribution < -0.4 is 0 Å². The second-order valence-corrected chi connectivity index (χ2v) is 4.66. The van der Waals surface area contributed by atoms with Gasteiger partial charge >= 0.3 is 81.1 Å². The molecule has 13 heavy (non-hydrogen) atoms. The normalized spacial score (nSPS) is 19.7. The molecule has 0 aromatic rings. The fourth-order valence-electron chi connectivity index (χ4n) is 1.59. The zero-order chi connectivity index (χ0) is 8.81. The van der Waals surface area contributed by atoms with Crippen LogP contribution in [0, 0.1) is 5.41 Å². The van der Waals surface area contributed by atoms with E-state index in [1.165, 1.54) is 20.6 Å². The molecule has 0 heterocycles. The third kappa shape index (κ3) is 2.82. The molecule has 1 aliphatic carbocycles. The molecule has 0 aromatic carbocycles. The van der Waals surface area contributed by atoms with Gasteiger partial charge in [-0.15, -0.1) is 48.0 Å². The summed E-state index contributed by atoms with van der Waals surface area (Å²) in [7, 11) is 0. The van der Waals surface area contributed by atoms with Crippen LogP contribution in [0.25, 0.3) is 0 Å². The fourth-order valence-corrected chi connectivity index (χ4v) is 2.18. The maximum absolute atomic E-state index is 2.30. The third-order valence-electron chi connectivity index (χ3n) is 3.06. The van der Waals surface area contributed by atoms with Gasteiger partial charge in [0.25, 0.3) is 0 Å². The van der Waals surface area contributed by atoms with Gasteiger partial charge < -0.3 is 0 Å². The van der Waals surface area contributed by atoms with Gasteiger partial charge in [0.15, 0.2) is 0 Å². The van der Waals surface area contributed by atoms with Gasteiger partial charge in [0.05, 0.1) is 0 Å². The molecule has 0 atom stereocenters. The minimum atomic E-state index is 0. The van der Waals surface area contributed by atoms with Crippen LogP contribution in [-0.2, 0) is 20.4 Å². The summed E-state index contributed by atoms with van der Waals surface area (Å²) in [5.41, 5.74) is 4.83. The molecule has 0 aliphatic heterocycles. The molecule has 0 saturated heterocycles. The Kier molecular flexibility index (Phi) is 7.43. The molecule has 3 heteroatoms. The zero-order valence-corrected chi connectivity index (χ0v) is 15.0. The van der Waals surface area contributed by atoms with E-state index in [2.05, 4.69) is 55.1 Å². The van der Waals surface area contributed by atoms with E-state index in [1.54, 1.807) is 0 Å². The Labute approximate surface area is 127 Å². The van der Waals surface area contributed by atoms with E-state index in [0.717, 1.165) is 0 Å². The Morgan fingerprint density at radius 2 is 1.31 bits per heavy atom. The minimum absolute atomic E-state index is 0. The van der Waals surface area contributed by atoms with E-state index < -0.39 is 0 Å². The third-order valence-corrected chi connectivity index (χ3v) is 4.62. The van der Waals surface area contributed by atoms with Crippen LogP contribution in [0.4, 0.5) is 0 Å². The number of allylic oxidation sites excluding steroid dienone is 4. The van der Waals surface area contributed by atoms with Crippen LogP contribution in [-0.4, -0.2) is 0 Å². The summed E-state index contributed by atoms with van der Waals surface area (Å²) in [4.78, 5) is 0. The van der Waals surface area contributed by atoms with Crippen molar-refractivity contribution in [1.29, 1.82) is 0 Å². The standard InChI is InChI=1S/C10H15.2HI.Ti/c1-7-6-10(4,5)9(3)8(7)2;;;/h1-5H3;2*1H;. The molecule has 1 aliphatic rings. The summed E-state index contributed by atoms with van der Waals surface area (Å²) in [5, 5.41) is 0. The molecule has 0 fully saturated rings. The van der Waals surface area contributed by atoms with Crippen LogP contribution in [0.2, 0.25) is 0 Å². The van der Waals surface area contributed by atoms with E-state index in [0.29, 0.717) is 5.41 Å². The zero-order valence-electron chi connectivity index (χ0n) is 8.82.